The van der Waals surface area contributed by atoms with Gasteiger partial charge in [-0.05, 0) is 24.6 Å². The second-order valence-corrected chi connectivity index (χ2v) is 7.49. The number of benzene rings is 1. The van der Waals surface area contributed by atoms with Crippen molar-refractivity contribution in [2.24, 2.45) is 0 Å². The van der Waals surface area contributed by atoms with E-state index in [1.807, 2.05) is 12.3 Å². The smallest absolute Gasteiger partial charge is 0.240 e. The minimum Gasteiger partial charge on any atom is -0.365 e. The number of nitrogens with one attached hydrogen (secondary N) is 2. The van der Waals surface area contributed by atoms with Crippen LogP contribution < -0.4 is 10.0 Å². The van der Waals surface area contributed by atoms with Gasteiger partial charge in [0.1, 0.15) is 0 Å². The fourth-order valence-electron chi connectivity index (χ4n) is 1.67. The van der Waals surface area contributed by atoms with Gasteiger partial charge in [-0.1, -0.05) is 17.7 Å². The second kappa shape index (κ2) is 6.74. The Morgan fingerprint density at radius 3 is 2.76 bits per heavy atom. The summed E-state index contributed by atoms with van der Waals surface area (Å²) in [6.07, 6.45) is 0.539. The van der Waals surface area contributed by atoms with E-state index in [4.69, 9.17) is 11.6 Å². The normalized spacial score (nSPS) is 11.6. The molecule has 1 heterocycles. The maximum Gasteiger partial charge on any atom is 0.240 e. The minimum atomic E-state index is -3.54. The molecular weight excluding hydrogens is 330 g/mol. The molecule has 0 bridgehead atoms. The standard InChI is InChI=1S/C13H16ClN3O2S2/c1-9-3-4-11(7-12(9)14)21(18,19)16-6-5-10-8-20-13(15-2)17-10/h3-4,7-8,16H,5-6H2,1-2H3,(H,15,17). The average molecular weight is 346 g/mol. The lowest BCUT2D eigenvalue weighted by atomic mass is 10.2. The molecule has 0 saturated carbocycles. The third kappa shape index (κ3) is 4.16. The fraction of sp³-hybridized carbons (Fsp3) is 0.308. The van der Waals surface area contributed by atoms with Crippen LogP contribution in [0.2, 0.25) is 5.02 Å². The molecule has 8 heteroatoms. The van der Waals surface area contributed by atoms with Gasteiger partial charge in [0, 0.05) is 30.4 Å². The van der Waals surface area contributed by atoms with Gasteiger partial charge in [0.25, 0.3) is 0 Å². The summed E-state index contributed by atoms with van der Waals surface area (Å²) in [5.74, 6) is 0. The summed E-state index contributed by atoms with van der Waals surface area (Å²) in [5, 5.41) is 6.11. The van der Waals surface area contributed by atoms with Crippen molar-refractivity contribution >= 4 is 38.1 Å². The molecule has 0 radical (unpaired) electrons. The van der Waals surface area contributed by atoms with E-state index < -0.39 is 10.0 Å². The van der Waals surface area contributed by atoms with E-state index in [1.165, 1.54) is 17.4 Å². The van der Waals surface area contributed by atoms with Crippen LogP contribution in [0.3, 0.4) is 0 Å². The van der Waals surface area contributed by atoms with E-state index >= 15 is 0 Å². The van der Waals surface area contributed by atoms with E-state index in [0.29, 0.717) is 18.0 Å². The lowest BCUT2D eigenvalue weighted by Gasteiger charge is -2.07. The molecule has 2 aromatic rings. The van der Waals surface area contributed by atoms with Crippen LogP contribution in [0.1, 0.15) is 11.3 Å². The summed E-state index contributed by atoms with van der Waals surface area (Å²) in [6.45, 7) is 2.12. The molecule has 0 aliphatic rings. The van der Waals surface area contributed by atoms with Gasteiger partial charge in [0.05, 0.1) is 10.6 Å². The van der Waals surface area contributed by atoms with Crippen molar-refractivity contribution < 1.29 is 8.42 Å². The van der Waals surface area contributed by atoms with Crippen LogP contribution in [-0.4, -0.2) is 27.0 Å². The Balaban J connectivity index is 1.99. The highest BCUT2D eigenvalue weighted by atomic mass is 35.5. The quantitative estimate of drug-likeness (QED) is 0.844. The maximum atomic E-state index is 12.1. The summed E-state index contributed by atoms with van der Waals surface area (Å²) in [6, 6.07) is 4.70. The summed E-state index contributed by atoms with van der Waals surface area (Å²) >= 11 is 7.45. The Kier molecular flexibility index (Phi) is 5.21. The number of sulfonamides is 1. The SMILES string of the molecule is CNc1nc(CCNS(=O)(=O)c2ccc(C)c(Cl)c2)cs1. The number of rotatable bonds is 6. The van der Waals surface area contributed by atoms with Crippen LogP contribution >= 0.6 is 22.9 Å². The second-order valence-electron chi connectivity index (χ2n) is 4.45. The Morgan fingerprint density at radius 1 is 1.38 bits per heavy atom. The first-order valence-electron chi connectivity index (χ1n) is 6.30. The predicted octanol–water partition coefficient (Wildman–Crippen LogP) is 2.67. The average Bonchev–Trinajstić information content (AvgIpc) is 2.89. The lowest BCUT2D eigenvalue weighted by Crippen LogP contribution is -2.26. The number of aromatic nitrogens is 1. The molecule has 0 fully saturated rings. The molecule has 2 N–H and O–H groups in total. The van der Waals surface area contributed by atoms with Crippen LogP contribution in [0.5, 0.6) is 0 Å². The molecule has 0 unspecified atom stereocenters. The molecule has 0 aliphatic carbocycles. The van der Waals surface area contributed by atoms with Gasteiger partial charge in [0.15, 0.2) is 5.13 Å². The van der Waals surface area contributed by atoms with E-state index in [9.17, 15) is 8.42 Å². The van der Waals surface area contributed by atoms with Gasteiger partial charge in [-0.25, -0.2) is 18.1 Å². The van der Waals surface area contributed by atoms with Gasteiger partial charge in [-0.3, -0.25) is 0 Å². The van der Waals surface area contributed by atoms with E-state index in [0.717, 1.165) is 16.4 Å². The van der Waals surface area contributed by atoms with Crippen molar-refractivity contribution in [2.75, 3.05) is 18.9 Å². The van der Waals surface area contributed by atoms with E-state index in [-0.39, 0.29) is 4.90 Å². The van der Waals surface area contributed by atoms with Crippen LogP contribution in [0.4, 0.5) is 5.13 Å². The first-order chi connectivity index (χ1) is 9.92. The molecule has 0 aliphatic heterocycles. The van der Waals surface area contributed by atoms with Crippen molar-refractivity contribution in [3.8, 4) is 0 Å². The van der Waals surface area contributed by atoms with E-state index in [1.54, 1.807) is 19.2 Å². The zero-order valence-corrected chi connectivity index (χ0v) is 14.1. The molecule has 1 aromatic heterocycles. The topological polar surface area (TPSA) is 71.1 Å². The molecule has 0 atom stereocenters. The third-order valence-corrected chi connectivity index (χ3v) is 5.67. The highest BCUT2D eigenvalue weighted by molar-refractivity contribution is 7.89. The summed E-state index contributed by atoms with van der Waals surface area (Å²) in [7, 11) is -1.74. The number of halogens is 1. The number of aryl methyl sites for hydroxylation is 1. The number of hydrogen-bond acceptors (Lipinski definition) is 5. The zero-order valence-electron chi connectivity index (χ0n) is 11.7. The minimum absolute atomic E-state index is 0.173. The maximum absolute atomic E-state index is 12.1. The van der Waals surface area contributed by atoms with Crippen LogP contribution in [0.25, 0.3) is 0 Å². The molecule has 2 rings (SSSR count). The monoisotopic (exact) mass is 345 g/mol. The number of anilines is 1. The molecule has 21 heavy (non-hydrogen) atoms. The molecule has 114 valence electrons. The number of hydrogen-bond donors (Lipinski definition) is 2. The van der Waals surface area contributed by atoms with Crippen molar-refractivity contribution in [1.29, 1.82) is 0 Å². The molecule has 0 spiro atoms. The van der Waals surface area contributed by atoms with Crippen molar-refractivity contribution in [2.45, 2.75) is 18.2 Å². The van der Waals surface area contributed by atoms with Gasteiger partial charge >= 0.3 is 0 Å². The molecule has 0 amide bonds. The van der Waals surface area contributed by atoms with Crippen molar-refractivity contribution in [3.63, 3.8) is 0 Å². The van der Waals surface area contributed by atoms with Crippen LogP contribution in [0, 0.1) is 6.92 Å². The Labute approximate surface area is 133 Å². The largest absolute Gasteiger partial charge is 0.365 e. The highest BCUT2D eigenvalue weighted by Gasteiger charge is 2.14. The van der Waals surface area contributed by atoms with E-state index in [2.05, 4.69) is 15.0 Å². The summed E-state index contributed by atoms with van der Waals surface area (Å²) in [5.41, 5.74) is 1.70. The molecule has 1 aromatic carbocycles. The van der Waals surface area contributed by atoms with Crippen molar-refractivity contribution in [3.05, 3.63) is 39.9 Å². The van der Waals surface area contributed by atoms with Crippen molar-refractivity contribution in [1.82, 2.24) is 9.71 Å². The number of thiazole rings is 1. The molecule has 5 nitrogen and oxygen atoms in total. The summed E-state index contributed by atoms with van der Waals surface area (Å²) < 4.78 is 26.9. The van der Waals surface area contributed by atoms with Gasteiger partial charge < -0.3 is 5.32 Å². The highest BCUT2D eigenvalue weighted by Crippen LogP contribution is 2.20. The first-order valence-corrected chi connectivity index (χ1v) is 9.04. The van der Waals surface area contributed by atoms with Gasteiger partial charge in [0.2, 0.25) is 10.0 Å². The predicted molar refractivity (Wildman–Crippen MR) is 86.7 cm³/mol. The Morgan fingerprint density at radius 2 is 2.14 bits per heavy atom. The first kappa shape index (κ1) is 16.2. The fourth-order valence-corrected chi connectivity index (χ4v) is 3.68. The number of nitrogens with zero attached hydrogens (tertiary/aromatic N) is 1. The zero-order chi connectivity index (χ0) is 15.5. The summed E-state index contributed by atoms with van der Waals surface area (Å²) in [4.78, 5) is 4.47. The van der Waals surface area contributed by atoms with Gasteiger partial charge in [-0.15, -0.1) is 11.3 Å². The molecular formula is C13H16ClN3O2S2. The van der Waals surface area contributed by atoms with Gasteiger partial charge in [-0.2, -0.15) is 0 Å². The Hall–Kier alpha value is -1.15. The van der Waals surface area contributed by atoms with Crippen LogP contribution in [-0.2, 0) is 16.4 Å². The third-order valence-electron chi connectivity index (χ3n) is 2.89. The molecule has 0 saturated heterocycles. The Bertz CT molecular complexity index is 729. The van der Waals surface area contributed by atoms with Crippen LogP contribution in [0.15, 0.2) is 28.5 Å². The lowest BCUT2D eigenvalue weighted by molar-refractivity contribution is 0.581.